The van der Waals surface area contributed by atoms with Gasteiger partial charge in [0.2, 0.25) is 0 Å². The van der Waals surface area contributed by atoms with Gasteiger partial charge in [-0.25, -0.2) is 4.79 Å². The Kier molecular flexibility index (Phi) is 4.01. The number of hydrogen-bond donors (Lipinski definition) is 0. The predicted octanol–water partition coefficient (Wildman–Crippen LogP) is 4.39. The Morgan fingerprint density at radius 3 is 2.38 bits per heavy atom. The van der Waals surface area contributed by atoms with Gasteiger partial charge in [-0.05, 0) is 57.8 Å². The molecule has 2 aliphatic carbocycles. The lowest BCUT2D eigenvalue weighted by Crippen LogP contribution is -2.35. The highest BCUT2D eigenvalue weighted by atomic mass is 16.6. The molecule has 0 heterocycles. The third kappa shape index (κ3) is 2.76. The van der Waals surface area contributed by atoms with Crippen LogP contribution in [0.5, 0.6) is 0 Å². The molecule has 3 nitrogen and oxygen atoms in total. The molecule has 2 fully saturated rings. The molecule has 3 atom stereocenters. The predicted molar refractivity (Wildman–Crippen MR) is 86.6 cm³/mol. The van der Waals surface area contributed by atoms with Crippen molar-refractivity contribution in [2.24, 2.45) is 21.7 Å². The average molecular weight is 293 g/mol. The van der Waals surface area contributed by atoms with Crippen LogP contribution in [0.25, 0.3) is 0 Å². The van der Waals surface area contributed by atoms with Crippen LogP contribution in [0.15, 0.2) is 4.99 Å². The van der Waals surface area contributed by atoms with Gasteiger partial charge in [-0.3, -0.25) is 4.99 Å². The number of rotatable bonds is 3. The van der Waals surface area contributed by atoms with Crippen molar-refractivity contribution in [1.82, 2.24) is 0 Å². The topological polar surface area (TPSA) is 38.7 Å². The average Bonchev–Trinajstić information content (AvgIpc) is 2.66. The molecular formula is C18H31NO2. The fourth-order valence-corrected chi connectivity index (χ4v) is 3.99. The lowest BCUT2D eigenvalue weighted by atomic mass is 9.70. The van der Waals surface area contributed by atoms with Crippen molar-refractivity contribution in [2.45, 2.75) is 85.8 Å². The Hall–Kier alpha value is -0.860. The van der Waals surface area contributed by atoms with E-state index in [9.17, 15) is 4.79 Å². The number of hydrogen-bond acceptors (Lipinski definition) is 3. The van der Waals surface area contributed by atoms with E-state index in [0.717, 1.165) is 12.3 Å². The van der Waals surface area contributed by atoms with Gasteiger partial charge in [0.25, 0.3) is 0 Å². The van der Waals surface area contributed by atoms with Gasteiger partial charge in [0.05, 0.1) is 0 Å². The van der Waals surface area contributed by atoms with Gasteiger partial charge in [-0.2, -0.15) is 0 Å². The van der Waals surface area contributed by atoms with Crippen molar-refractivity contribution in [1.29, 1.82) is 0 Å². The number of ether oxygens (including phenoxy) is 1. The largest absolute Gasteiger partial charge is 0.458 e. The summed E-state index contributed by atoms with van der Waals surface area (Å²) in [6.45, 7) is 14.8. The second kappa shape index (κ2) is 5.10. The van der Waals surface area contributed by atoms with Gasteiger partial charge in [0, 0.05) is 11.1 Å². The van der Waals surface area contributed by atoms with E-state index in [2.05, 4.69) is 20.8 Å². The van der Waals surface area contributed by atoms with E-state index in [0.29, 0.717) is 11.8 Å². The van der Waals surface area contributed by atoms with Crippen LogP contribution in [0, 0.1) is 16.7 Å². The SMILES string of the molecule is CC[C@@H](N=C1C[C@H]2CC[C@]1(C)C2(C)C)C(=O)OC(C)(C)C. The second-order valence-electron chi connectivity index (χ2n) is 8.53. The molecule has 0 aromatic heterocycles. The van der Waals surface area contributed by atoms with Gasteiger partial charge >= 0.3 is 5.97 Å². The Balaban J connectivity index is 2.21. The summed E-state index contributed by atoms with van der Waals surface area (Å²) in [7, 11) is 0. The van der Waals surface area contributed by atoms with Crippen molar-refractivity contribution in [3.63, 3.8) is 0 Å². The molecule has 120 valence electrons. The van der Waals surface area contributed by atoms with Crippen molar-refractivity contribution >= 4 is 11.7 Å². The molecule has 0 unspecified atom stereocenters. The molecule has 2 bridgehead atoms. The van der Waals surface area contributed by atoms with E-state index in [-0.39, 0.29) is 17.4 Å². The summed E-state index contributed by atoms with van der Waals surface area (Å²) in [6.07, 6.45) is 4.27. The third-order valence-corrected chi connectivity index (χ3v) is 5.89. The maximum atomic E-state index is 12.3. The van der Waals surface area contributed by atoms with E-state index in [1.165, 1.54) is 18.6 Å². The molecule has 0 radical (unpaired) electrons. The Labute approximate surface area is 129 Å². The highest BCUT2D eigenvalue weighted by Crippen LogP contribution is 2.64. The first-order valence-electron chi connectivity index (χ1n) is 8.31. The quantitative estimate of drug-likeness (QED) is 0.724. The number of carbonyl (C=O) groups excluding carboxylic acids is 1. The first kappa shape index (κ1) is 16.5. The molecule has 0 aromatic carbocycles. The first-order valence-corrected chi connectivity index (χ1v) is 8.31. The Bertz CT molecular complexity index is 458. The minimum atomic E-state index is -0.442. The Morgan fingerprint density at radius 2 is 2.00 bits per heavy atom. The zero-order valence-corrected chi connectivity index (χ0v) is 14.7. The molecule has 0 N–H and O–H groups in total. The number of aliphatic imine (C=N–C) groups is 1. The summed E-state index contributed by atoms with van der Waals surface area (Å²) < 4.78 is 5.52. The van der Waals surface area contributed by atoms with Crippen molar-refractivity contribution in [3.05, 3.63) is 0 Å². The molecule has 3 heteroatoms. The van der Waals surface area contributed by atoms with Crippen LogP contribution >= 0.6 is 0 Å². The molecule has 2 saturated carbocycles. The normalized spacial score (nSPS) is 34.2. The van der Waals surface area contributed by atoms with Gasteiger partial charge in [-0.1, -0.05) is 27.7 Å². The number of fused-ring (bicyclic) bond motifs is 2. The summed E-state index contributed by atoms with van der Waals surface area (Å²) in [5.41, 5.74) is 1.27. The van der Waals surface area contributed by atoms with Crippen LogP contribution in [0.3, 0.4) is 0 Å². The molecule has 0 saturated heterocycles. The zero-order valence-electron chi connectivity index (χ0n) is 14.7. The Morgan fingerprint density at radius 1 is 1.38 bits per heavy atom. The summed E-state index contributed by atoms with van der Waals surface area (Å²) in [4.78, 5) is 17.2. The number of nitrogens with zero attached hydrogens (tertiary/aromatic N) is 1. The maximum absolute atomic E-state index is 12.3. The summed E-state index contributed by atoms with van der Waals surface area (Å²) in [6, 6.07) is -0.341. The smallest absolute Gasteiger partial charge is 0.331 e. The maximum Gasteiger partial charge on any atom is 0.331 e. The molecule has 0 spiro atoms. The molecular weight excluding hydrogens is 262 g/mol. The van der Waals surface area contributed by atoms with Crippen LogP contribution in [0.2, 0.25) is 0 Å². The standard InChI is InChI=1S/C18H31NO2/c1-8-13(15(20)21-16(2,3)4)19-14-11-12-9-10-18(14,7)17(12,5)6/h12-13H,8-11H2,1-7H3/t12-,13-,18+/m1/s1. The lowest BCUT2D eigenvalue weighted by molar-refractivity contribution is -0.156. The van der Waals surface area contributed by atoms with Crippen LogP contribution in [-0.4, -0.2) is 23.3 Å². The summed E-state index contributed by atoms with van der Waals surface area (Å²) >= 11 is 0. The van der Waals surface area contributed by atoms with Crippen molar-refractivity contribution in [2.75, 3.05) is 0 Å². The van der Waals surface area contributed by atoms with E-state index < -0.39 is 5.60 Å². The van der Waals surface area contributed by atoms with E-state index in [1.54, 1.807) is 0 Å². The summed E-state index contributed by atoms with van der Waals surface area (Å²) in [5, 5.41) is 0. The van der Waals surface area contributed by atoms with Gasteiger partial charge in [0.1, 0.15) is 11.6 Å². The minimum Gasteiger partial charge on any atom is -0.458 e. The molecule has 0 aromatic rings. The van der Waals surface area contributed by atoms with Crippen molar-refractivity contribution in [3.8, 4) is 0 Å². The van der Waals surface area contributed by atoms with Crippen LogP contribution in [0.1, 0.15) is 74.1 Å². The van der Waals surface area contributed by atoms with Crippen molar-refractivity contribution < 1.29 is 9.53 Å². The highest BCUT2D eigenvalue weighted by molar-refractivity contribution is 5.96. The molecule has 2 aliphatic rings. The first-order chi connectivity index (χ1) is 9.51. The molecule has 2 rings (SSSR count). The third-order valence-electron chi connectivity index (χ3n) is 5.89. The number of esters is 1. The van der Waals surface area contributed by atoms with Gasteiger partial charge in [-0.15, -0.1) is 0 Å². The fourth-order valence-electron chi connectivity index (χ4n) is 3.99. The fraction of sp³-hybridized carbons (Fsp3) is 0.889. The van der Waals surface area contributed by atoms with Gasteiger partial charge in [0.15, 0.2) is 0 Å². The lowest BCUT2D eigenvalue weighted by Gasteiger charge is -2.35. The highest BCUT2D eigenvalue weighted by Gasteiger charge is 2.59. The van der Waals surface area contributed by atoms with Crippen LogP contribution in [-0.2, 0) is 9.53 Å². The van der Waals surface area contributed by atoms with E-state index in [1.807, 2.05) is 27.7 Å². The van der Waals surface area contributed by atoms with E-state index in [4.69, 9.17) is 9.73 Å². The minimum absolute atomic E-state index is 0.160. The number of carbonyl (C=O) groups is 1. The molecule has 0 aliphatic heterocycles. The van der Waals surface area contributed by atoms with Gasteiger partial charge < -0.3 is 4.74 Å². The van der Waals surface area contributed by atoms with Crippen LogP contribution < -0.4 is 0 Å². The van der Waals surface area contributed by atoms with E-state index >= 15 is 0 Å². The monoisotopic (exact) mass is 293 g/mol. The molecule has 0 amide bonds. The second-order valence-corrected chi connectivity index (χ2v) is 8.53. The molecule has 21 heavy (non-hydrogen) atoms. The van der Waals surface area contributed by atoms with Crippen LogP contribution in [0.4, 0.5) is 0 Å². The zero-order chi connectivity index (χ0) is 16.1. The summed E-state index contributed by atoms with van der Waals surface area (Å²) in [5.74, 6) is 0.541.